The molecule has 1 aliphatic carbocycles. The van der Waals surface area contributed by atoms with Gasteiger partial charge in [-0.25, -0.2) is 13.1 Å². The number of esters is 1. The van der Waals surface area contributed by atoms with Gasteiger partial charge in [0.2, 0.25) is 10.0 Å². The van der Waals surface area contributed by atoms with Gasteiger partial charge >= 0.3 is 5.97 Å². The second-order valence-corrected chi connectivity index (χ2v) is 7.05. The molecular formula is C14H20N2O4S. The van der Waals surface area contributed by atoms with E-state index in [-0.39, 0.29) is 6.04 Å². The van der Waals surface area contributed by atoms with Crippen LogP contribution in [0.15, 0.2) is 24.4 Å². The number of pyridine rings is 1. The Morgan fingerprint density at radius 3 is 2.71 bits per heavy atom. The van der Waals surface area contributed by atoms with E-state index in [0.717, 1.165) is 0 Å². The van der Waals surface area contributed by atoms with Crippen molar-refractivity contribution in [2.24, 2.45) is 5.92 Å². The maximum Gasteiger partial charge on any atom is 0.310 e. The highest BCUT2D eigenvalue weighted by atomic mass is 32.2. The van der Waals surface area contributed by atoms with Crippen LogP contribution < -0.4 is 4.72 Å². The first kappa shape index (κ1) is 15.9. The van der Waals surface area contributed by atoms with Crippen molar-refractivity contribution in [1.82, 2.24) is 9.71 Å². The summed E-state index contributed by atoms with van der Waals surface area (Å²) in [5, 5.41) is -0.706. The number of hydrogen-bond donors (Lipinski definition) is 1. The van der Waals surface area contributed by atoms with Crippen LogP contribution in [0.3, 0.4) is 0 Å². The molecule has 21 heavy (non-hydrogen) atoms. The molecule has 7 heteroatoms. The minimum Gasteiger partial charge on any atom is -0.469 e. The third-order valence-corrected chi connectivity index (χ3v) is 5.85. The molecule has 0 amide bonds. The number of nitrogens with one attached hydrogen (secondary N) is 1. The number of aromatic nitrogens is 1. The molecular weight excluding hydrogens is 292 g/mol. The Bertz CT molecular complexity index is 588. The third-order valence-electron chi connectivity index (χ3n) is 3.87. The van der Waals surface area contributed by atoms with E-state index in [1.165, 1.54) is 7.11 Å². The predicted octanol–water partition coefficient (Wildman–Crippen LogP) is 1.40. The van der Waals surface area contributed by atoms with Crippen LogP contribution in [0.5, 0.6) is 0 Å². The number of hydrogen-bond acceptors (Lipinski definition) is 5. The summed E-state index contributed by atoms with van der Waals surface area (Å²) >= 11 is 0. The van der Waals surface area contributed by atoms with Crippen LogP contribution in [0.25, 0.3) is 0 Å². The van der Waals surface area contributed by atoms with Gasteiger partial charge in [0.05, 0.1) is 30.0 Å². The van der Waals surface area contributed by atoms with E-state index in [4.69, 9.17) is 0 Å². The highest BCUT2D eigenvalue weighted by molar-refractivity contribution is 7.90. The Labute approximate surface area is 125 Å². The lowest BCUT2D eigenvalue weighted by atomic mass is 9.85. The van der Waals surface area contributed by atoms with E-state index in [1.807, 2.05) is 13.0 Å². The van der Waals surface area contributed by atoms with Crippen LogP contribution >= 0.6 is 0 Å². The van der Waals surface area contributed by atoms with Gasteiger partial charge in [0, 0.05) is 6.20 Å². The lowest BCUT2D eigenvalue weighted by Crippen LogP contribution is -2.49. The zero-order valence-electron chi connectivity index (χ0n) is 12.2. The Hall–Kier alpha value is -1.47. The summed E-state index contributed by atoms with van der Waals surface area (Å²) in [6.07, 6.45) is 3.26. The third kappa shape index (κ3) is 3.41. The fourth-order valence-corrected chi connectivity index (χ4v) is 4.47. The molecule has 1 aromatic rings. The van der Waals surface area contributed by atoms with Crippen molar-refractivity contribution in [3.8, 4) is 0 Å². The maximum atomic E-state index is 12.4. The highest BCUT2D eigenvalue weighted by Gasteiger charge is 2.46. The van der Waals surface area contributed by atoms with Gasteiger partial charge < -0.3 is 4.74 Å². The van der Waals surface area contributed by atoms with Crippen LogP contribution in [0, 0.1) is 5.92 Å². The van der Waals surface area contributed by atoms with Crippen molar-refractivity contribution < 1.29 is 17.9 Å². The van der Waals surface area contributed by atoms with Crippen molar-refractivity contribution in [2.45, 2.75) is 37.5 Å². The Balaban J connectivity index is 2.11. The molecule has 0 aliphatic heterocycles. The molecule has 0 radical (unpaired) electrons. The summed E-state index contributed by atoms with van der Waals surface area (Å²) in [4.78, 5) is 15.7. The molecule has 0 saturated heterocycles. The molecule has 6 nitrogen and oxygen atoms in total. The first-order valence-electron chi connectivity index (χ1n) is 6.99. The van der Waals surface area contributed by atoms with Gasteiger partial charge in [0.1, 0.15) is 0 Å². The van der Waals surface area contributed by atoms with Gasteiger partial charge in [-0.3, -0.25) is 9.78 Å². The molecule has 1 aromatic heterocycles. The standard InChI is InChI=1S/C14H20N2O4S/c1-3-11(12-6-4-5-9-15-12)16-21(18,19)13-8-7-10(13)14(17)20-2/h4-6,9-11,13,16H,3,7-8H2,1-2H3/t10-,11+,13+/m0/s1. The topological polar surface area (TPSA) is 85.4 Å². The molecule has 0 bridgehead atoms. The quantitative estimate of drug-likeness (QED) is 0.803. The summed E-state index contributed by atoms with van der Waals surface area (Å²) in [7, 11) is -2.30. The van der Waals surface area contributed by atoms with Crippen LogP contribution in [-0.2, 0) is 19.6 Å². The zero-order chi connectivity index (χ0) is 15.5. The average Bonchev–Trinajstić information content (AvgIpc) is 2.43. The lowest BCUT2D eigenvalue weighted by Gasteiger charge is -2.34. The van der Waals surface area contributed by atoms with Gasteiger partial charge in [-0.15, -0.1) is 0 Å². The fraction of sp³-hybridized carbons (Fsp3) is 0.571. The summed E-state index contributed by atoms with van der Waals surface area (Å²) < 4.78 is 32.2. The van der Waals surface area contributed by atoms with Crippen LogP contribution in [0.1, 0.15) is 37.9 Å². The summed E-state index contributed by atoms with van der Waals surface area (Å²) in [5.74, 6) is -1.02. The van der Waals surface area contributed by atoms with Crippen molar-refractivity contribution >= 4 is 16.0 Å². The van der Waals surface area contributed by atoms with Crippen molar-refractivity contribution in [3.05, 3.63) is 30.1 Å². The smallest absolute Gasteiger partial charge is 0.310 e. The molecule has 1 N–H and O–H groups in total. The second-order valence-electron chi connectivity index (χ2n) is 5.12. The summed E-state index contributed by atoms with van der Waals surface area (Å²) in [6, 6.07) is 5.01. The van der Waals surface area contributed by atoms with E-state index in [0.29, 0.717) is 25.0 Å². The van der Waals surface area contributed by atoms with Crippen LogP contribution in [-0.4, -0.2) is 31.7 Å². The number of sulfonamides is 1. The minimum atomic E-state index is -3.58. The summed E-state index contributed by atoms with van der Waals surface area (Å²) in [6.45, 7) is 1.89. The average molecular weight is 312 g/mol. The monoisotopic (exact) mass is 312 g/mol. The number of nitrogens with zero attached hydrogens (tertiary/aromatic N) is 1. The largest absolute Gasteiger partial charge is 0.469 e. The number of ether oxygens (including phenoxy) is 1. The van der Waals surface area contributed by atoms with E-state index in [9.17, 15) is 13.2 Å². The van der Waals surface area contributed by atoms with Crippen molar-refractivity contribution in [1.29, 1.82) is 0 Å². The maximum absolute atomic E-state index is 12.4. The Morgan fingerprint density at radius 1 is 1.48 bits per heavy atom. The molecule has 1 aliphatic rings. The van der Waals surface area contributed by atoms with Gasteiger partial charge in [-0.2, -0.15) is 0 Å². The fourth-order valence-electron chi connectivity index (χ4n) is 2.48. The minimum absolute atomic E-state index is 0.380. The molecule has 116 valence electrons. The molecule has 1 heterocycles. The molecule has 2 rings (SSSR count). The van der Waals surface area contributed by atoms with Gasteiger partial charge in [0.25, 0.3) is 0 Å². The number of rotatable bonds is 6. The van der Waals surface area contributed by atoms with E-state index < -0.39 is 27.2 Å². The normalized spacial score (nSPS) is 23.1. The molecule has 1 fully saturated rings. The van der Waals surface area contributed by atoms with Gasteiger partial charge in [0.15, 0.2) is 0 Å². The Kier molecular flexibility index (Phi) is 4.95. The number of carbonyl (C=O) groups excluding carboxylic acids is 1. The number of methoxy groups -OCH3 is 1. The molecule has 0 unspecified atom stereocenters. The van der Waals surface area contributed by atoms with Crippen LogP contribution in [0.2, 0.25) is 0 Å². The van der Waals surface area contributed by atoms with E-state index in [1.54, 1.807) is 18.3 Å². The SMILES string of the molecule is CC[C@@H](NS(=O)(=O)[C@@H]1CC[C@@H]1C(=O)OC)c1ccccn1. The molecule has 0 spiro atoms. The summed E-state index contributed by atoms with van der Waals surface area (Å²) in [5.41, 5.74) is 0.678. The number of carbonyl (C=O) groups is 1. The zero-order valence-corrected chi connectivity index (χ0v) is 13.0. The van der Waals surface area contributed by atoms with Crippen LogP contribution in [0.4, 0.5) is 0 Å². The Morgan fingerprint density at radius 2 is 2.24 bits per heavy atom. The predicted molar refractivity (Wildman–Crippen MR) is 77.9 cm³/mol. The first-order valence-corrected chi connectivity index (χ1v) is 8.54. The molecule has 3 atom stereocenters. The van der Waals surface area contributed by atoms with E-state index in [2.05, 4.69) is 14.4 Å². The van der Waals surface area contributed by atoms with Gasteiger partial charge in [-0.05, 0) is 31.4 Å². The van der Waals surface area contributed by atoms with Crippen molar-refractivity contribution in [3.63, 3.8) is 0 Å². The second kappa shape index (κ2) is 6.53. The van der Waals surface area contributed by atoms with Gasteiger partial charge in [-0.1, -0.05) is 13.0 Å². The van der Waals surface area contributed by atoms with E-state index >= 15 is 0 Å². The van der Waals surface area contributed by atoms with Crippen molar-refractivity contribution in [2.75, 3.05) is 7.11 Å². The molecule has 0 aromatic carbocycles. The lowest BCUT2D eigenvalue weighted by molar-refractivity contribution is -0.147. The first-order chi connectivity index (χ1) is 9.99. The molecule has 1 saturated carbocycles. The highest BCUT2D eigenvalue weighted by Crippen LogP contribution is 2.34.